The lowest BCUT2D eigenvalue weighted by atomic mass is 10.0. The minimum Gasteiger partial charge on any atom is -0.494 e. The summed E-state index contributed by atoms with van der Waals surface area (Å²) in [6.07, 6.45) is 17.6. The monoisotopic (exact) mass is 446 g/mol. The molecule has 0 saturated carbocycles. The zero-order chi connectivity index (χ0) is 22.9. The van der Waals surface area contributed by atoms with Gasteiger partial charge in [0.25, 0.3) is 0 Å². The van der Waals surface area contributed by atoms with Crippen LogP contribution in [0.15, 0.2) is 42.5 Å². The first-order chi connectivity index (χ1) is 15.7. The van der Waals surface area contributed by atoms with Crippen molar-refractivity contribution < 1.29 is 18.6 Å². The molecule has 0 amide bonds. The summed E-state index contributed by atoms with van der Waals surface area (Å²) in [5.41, 5.74) is 0.915. The van der Waals surface area contributed by atoms with Crippen molar-refractivity contribution in [2.24, 2.45) is 0 Å². The van der Waals surface area contributed by atoms with E-state index in [0.29, 0.717) is 18.8 Å². The van der Waals surface area contributed by atoms with Gasteiger partial charge in [-0.3, -0.25) is 0 Å². The highest BCUT2D eigenvalue weighted by Crippen LogP contribution is 2.26. The van der Waals surface area contributed by atoms with Gasteiger partial charge in [0, 0.05) is 12.2 Å². The van der Waals surface area contributed by atoms with Crippen LogP contribution in [0, 0.1) is 11.6 Å². The van der Waals surface area contributed by atoms with Crippen molar-refractivity contribution in [3.63, 3.8) is 0 Å². The fourth-order valence-electron chi connectivity index (χ4n) is 3.98. The van der Waals surface area contributed by atoms with Gasteiger partial charge in [-0.1, -0.05) is 101 Å². The SMILES string of the molecule is OCCCCCCCCCCCCCCCCOc1ccc(-c2cccc(F)c2F)cc1. The van der Waals surface area contributed by atoms with Crippen LogP contribution in [0.4, 0.5) is 8.78 Å². The summed E-state index contributed by atoms with van der Waals surface area (Å²) >= 11 is 0. The summed E-state index contributed by atoms with van der Waals surface area (Å²) in [6, 6.07) is 11.4. The van der Waals surface area contributed by atoms with Crippen molar-refractivity contribution in [3.8, 4) is 16.9 Å². The summed E-state index contributed by atoms with van der Waals surface area (Å²) < 4.78 is 33.1. The van der Waals surface area contributed by atoms with Gasteiger partial charge < -0.3 is 9.84 Å². The first-order valence-electron chi connectivity index (χ1n) is 12.5. The van der Waals surface area contributed by atoms with Crippen molar-refractivity contribution in [2.75, 3.05) is 13.2 Å². The van der Waals surface area contributed by atoms with Gasteiger partial charge in [0.15, 0.2) is 11.6 Å². The van der Waals surface area contributed by atoms with Crippen LogP contribution >= 0.6 is 0 Å². The van der Waals surface area contributed by atoms with Gasteiger partial charge in [-0.05, 0) is 36.6 Å². The van der Waals surface area contributed by atoms with Crippen LogP contribution in [-0.2, 0) is 0 Å². The van der Waals surface area contributed by atoms with E-state index in [9.17, 15) is 8.78 Å². The van der Waals surface area contributed by atoms with Crippen LogP contribution in [-0.4, -0.2) is 18.3 Å². The molecule has 0 aliphatic carbocycles. The summed E-state index contributed by atoms with van der Waals surface area (Å²) in [4.78, 5) is 0. The van der Waals surface area contributed by atoms with Crippen LogP contribution in [0.25, 0.3) is 11.1 Å². The van der Waals surface area contributed by atoms with Crippen LogP contribution < -0.4 is 4.74 Å². The molecule has 2 nitrogen and oxygen atoms in total. The van der Waals surface area contributed by atoms with E-state index in [4.69, 9.17) is 9.84 Å². The molecule has 0 fully saturated rings. The molecule has 0 unspecified atom stereocenters. The highest BCUT2D eigenvalue weighted by atomic mass is 19.2. The molecule has 4 heteroatoms. The third kappa shape index (κ3) is 10.6. The molecule has 0 aromatic heterocycles. The summed E-state index contributed by atoms with van der Waals surface area (Å²) in [5.74, 6) is -0.880. The second-order valence-electron chi connectivity index (χ2n) is 8.65. The van der Waals surface area contributed by atoms with Gasteiger partial charge in [-0.25, -0.2) is 8.78 Å². The topological polar surface area (TPSA) is 29.5 Å². The zero-order valence-corrected chi connectivity index (χ0v) is 19.5. The first kappa shape index (κ1) is 26.3. The molecular weight excluding hydrogens is 406 g/mol. The molecule has 0 bridgehead atoms. The van der Waals surface area contributed by atoms with Crippen molar-refractivity contribution in [1.82, 2.24) is 0 Å². The maximum Gasteiger partial charge on any atom is 0.166 e. The van der Waals surface area contributed by atoms with E-state index >= 15 is 0 Å². The molecule has 2 rings (SSSR count). The molecule has 2 aromatic carbocycles. The normalized spacial score (nSPS) is 11.1. The van der Waals surface area contributed by atoms with E-state index in [1.54, 1.807) is 18.2 Å². The Labute approximate surface area is 193 Å². The van der Waals surface area contributed by atoms with E-state index in [1.807, 2.05) is 12.1 Å². The highest BCUT2D eigenvalue weighted by molar-refractivity contribution is 5.64. The molecule has 0 atom stereocenters. The molecule has 0 spiro atoms. The molecule has 178 valence electrons. The zero-order valence-electron chi connectivity index (χ0n) is 19.5. The van der Waals surface area contributed by atoms with Crippen LogP contribution in [0.3, 0.4) is 0 Å². The summed E-state index contributed by atoms with van der Waals surface area (Å²) in [7, 11) is 0. The Morgan fingerprint density at radius 1 is 0.594 bits per heavy atom. The molecule has 32 heavy (non-hydrogen) atoms. The smallest absolute Gasteiger partial charge is 0.166 e. The molecule has 1 N–H and O–H groups in total. The van der Waals surface area contributed by atoms with Crippen LogP contribution in [0.2, 0.25) is 0 Å². The highest BCUT2D eigenvalue weighted by Gasteiger charge is 2.09. The second-order valence-corrected chi connectivity index (χ2v) is 8.65. The Balaban J connectivity index is 1.43. The van der Waals surface area contributed by atoms with Crippen molar-refractivity contribution in [1.29, 1.82) is 0 Å². The van der Waals surface area contributed by atoms with Gasteiger partial charge in [0.1, 0.15) is 5.75 Å². The molecular formula is C28H40F2O2. The van der Waals surface area contributed by atoms with Gasteiger partial charge in [0.2, 0.25) is 0 Å². The Morgan fingerprint density at radius 3 is 1.62 bits per heavy atom. The van der Waals surface area contributed by atoms with Crippen molar-refractivity contribution in [3.05, 3.63) is 54.1 Å². The number of benzene rings is 2. The van der Waals surface area contributed by atoms with E-state index in [1.165, 1.54) is 83.1 Å². The number of hydrogen-bond acceptors (Lipinski definition) is 2. The third-order valence-corrected chi connectivity index (χ3v) is 5.94. The number of aliphatic hydroxyl groups excluding tert-OH is 1. The van der Waals surface area contributed by atoms with Crippen molar-refractivity contribution >= 4 is 0 Å². The lowest BCUT2D eigenvalue weighted by Gasteiger charge is -2.08. The van der Waals surface area contributed by atoms with E-state index < -0.39 is 11.6 Å². The Bertz CT molecular complexity index is 731. The quantitative estimate of drug-likeness (QED) is 0.233. The molecule has 0 saturated heterocycles. The van der Waals surface area contributed by atoms with Gasteiger partial charge >= 0.3 is 0 Å². The molecule has 0 radical (unpaired) electrons. The second kappa shape index (κ2) is 16.7. The lowest BCUT2D eigenvalue weighted by molar-refractivity contribution is 0.282. The summed E-state index contributed by atoms with van der Waals surface area (Å²) in [5, 5.41) is 8.75. The predicted octanol–water partition coefficient (Wildman–Crippen LogP) is 8.46. The van der Waals surface area contributed by atoms with Gasteiger partial charge in [-0.15, -0.1) is 0 Å². The van der Waals surface area contributed by atoms with Crippen LogP contribution in [0.5, 0.6) is 5.75 Å². The van der Waals surface area contributed by atoms with E-state index in [-0.39, 0.29) is 5.56 Å². The lowest BCUT2D eigenvalue weighted by Crippen LogP contribution is -1.97. The number of halogens is 2. The van der Waals surface area contributed by atoms with E-state index in [2.05, 4.69) is 0 Å². The Hall–Kier alpha value is -1.94. The average Bonchev–Trinajstić information content (AvgIpc) is 2.81. The number of aliphatic hydroxyl groups is 1. The van der Waals surface area contributed by atoms with Crippen molar-refractivity contribution in [2.45, 2.75) is 89.9 Å². The largest absolute Gasteiger partial charge is 0.494 e. The minimum atomic E-state index is -0.830. The predicted molar refractivity (Wildman–Crippen MR) is 129 cm³/mol. The fraction of sp³-hybridized carbons (Fsp3) is 0.571. The molecule has 0 heterocycles. The van der Waals surface area contributed by atoms with Crippen LogP contribution in [0.1, 0.15) is 89.9 Å². The standard InChI is InChI=1S/C28H40F2O2/c29-27-17-15-16-26(28(27)30)24-18-20-25(21-19-24)32-23-14-12-10-8-6-4-2-1-3-5-7-9-11-13-22-31/h15-21,31H,1-14,22-23H2. The number of rotatable bonds is 18. The Morgan fingerprint density at radius 2 is 1.09 bits per heavy atom. The fourth-order valence-corrected chi connectivity index (χ4v) is 3.98. The molecule has 0 aliphatic rings. The number of unbranched alkanes of at least 4 members (excludes halogenated alkanes) is 13. The maximum absolute atomic E-state index is 13.9. The summed E-state index contributed by atoms with van der Waals surface area (Å²) in [6.45, 7) is 1.02. The number of hydrogen-bond donors (Lipinski definition) is 1. The van der Waals surface area contributed by atoms with E-state index in [0.717, 1.165) is 24.7 Å². The molecule has 2 aromatic rings. The van der Waals surface area contributed by atoms with Gasteiger partial charge in [0.05, 0.1) is 6.61 Å². The first-order valence-corrected chi connectivity index (χ1v) is 12.5. The third-order valence-electron chi connectivity index (χ3n) is 5.94. The molecule has 0 aliphatic heterocycles. The Kier molecular flexibility index (Phi) is 13.7. The minimum absolute atomic E-state index is 0.269. The van der Waals surface area contributed by atoms with Gasteiger partial charge in [-0.2, -0.15) is 0 Å². The maximum atomic E-state index is 13.9. The average molecular weight is 447 g/mol. The number of ether oxygens (including phenoxy) is 1.